The molecule has 12 heavy (non-hydrogen) atoms. The van der Waals surface area contributed by atoms with Gasteiger partial charge in [-0.2, -0.15) is 0 Å². The highest BCUT2D eigenvalue weighted by Crippen LogP contribution is 2.24. The molecule has 5 atom stereocenters. The number of halogens is 1. The lowest BCUT2D eigenvalue weighted by molar-refractivity contribution is -0.201. The van der Waals surface area contributed by atoms with E-state index in [4.69, 9.17) is 9.84 Å². The van der Waals surface area contributed by atoms with Crippen LogP contribution >= 0.6 is 22.6 Å². The third-order valence-electron chi connectivity index (χ3n) is 1.83. The predicted octanol–water partition coefficient (Wildman–Crippen LogP) is -1.78. The second-order valence-corrected chi connectivity index (χ2v) is 3.91. The lowest BCUT2D eigenvalue weighted by Gasteiger charge is -2.37. The maximum Gasteiger partial charge on any atom is 0.137 e. The van der Waals surface area contributed by atoms with Crippen molar-refractivity contribution in [3.05, 3.63) is 0 Å². The van der Waals surface area contributed by atoms with Gasteiger partial charge in [-0.3, -0.25) is 0 Å². The molecule has 1 heterocycles. The van der Waals surface area contributed by atoms with E-state index in [1.54, 1.807) is 22.6 Å². The van der Waals surface area contributed by atoms with Gasteiger partial charge in [-0.25, -0.2) is 0 Å². The SMILES string of the molecule is OC[C@H]1O[C@@H](I)[C@H](O)[C@@H](O)[C@H]1O. The maximum atomic E-state index is 9.23. The van der Waals surface area contributed by atoms with Gasteiger partial charge in [-0.15, -0.1) is 0 Å². The monoisotopic (exact) mass is 290 g/mol. The fourth-order valence-corrected chi connectivity index (χ4v) is 1.86. The van der Waals surface area contributed by atoms with Crippen molar-refractivity contribution in [2.24, 2.45) is 0 Å². The summed E-state index contributed by atoms with van der Waals surface area (Å²) in [5.74, 6) is 0. The average molecular weight is 290 g/mol. The van der Waals surface area contributed by atoms with Gasteiger partial charge in [0, 0.05) is 0 Å². The van der Waals surface area contributed by atoms with Crippen LogP contribution in [0.4, 0.5) is 0 Å². The minimum absolute atomic E-state index is 0.371. The van der Waals surface area contributed by atoms with E-state index >= 15 is 0 Å². The van der Waals surface area contributed by atoms with Crippen LogP contribution in [0.1, 0.15) is 0 Å². The van der Waals surface area contributed by atoms with E-state index in [-0.39, 0.29) is 6.61 Å². The zero-order chi connectivity index (χ0) is 9.30. The van der Waals surface area contributed by atoms with Gasteiger partial charge in [-0.05, 0) is 22.6 Å². The third-order valence-corrected chi connectivity index (χ3v) is 2.86. The quantitative estimate of drug-likeness (QED) is 0.339. The standard InChI is InChI=1S/C6H11IO5/c7-6-5(11)4(10)3(9)2(1-8)12-6/h2-6,8-11H,1H2/t2-,3+,4+,5-,6-/m1/s1. The Balaban J connectivity index is 2.63. The number of hydrogen-bond acceptors (Lipinski definition) is 5. The number of rotatable bonds is 1. The first-order chi connectivity index (χ1) is 5.57. The van der Waals surface area contributed by atoms with Crippen LogP contribution in [0.25, 0.3) is 0 Å². The molecule has 0 unspecified atom stereocenters. The van der Waals surface area contributed by atoms with E-state index in [0.29, 0.717) is 0 Å². The van der Waals surface area contributed by atoms with E-state index in [1.807, 2.05) is 0 Å². The van der Waals surface area contributed by atoms with Gasteiger partial charge in [-0.1, -0.05) is 0 Å². The molecule has 0 spiro atoms. The van der Waals surface area contributed by atoms with E-state index < -0.39 is 28.5 Å². The normalized spacial score (nSPS) is 49.2. The van der Waals surface area contributed by atoms with E-state index in [1.165, 1.54) is 0 Å². The number of alkyl halides is 1. The molecule has 0 amide bonds. The second kappa shape index (κ2) is 4.16. The van der Waals surface area contributed by atoms with Gasteiger partial charge in [0.05, 0.1) is 6.61 Å². The molecule has 0 bridgehead atoms. The average Bonchev–Trinajstić information content (AvgIpc) is 2.08. The largest absolute Gasteiger partial charge is 0.394 e. The molecule has 0 aromatic carbocycles. The van der Waals surface area contributed by atoms with Gasteiger partial charge < -0.3 is 25.2 Å². The van der Waals surface area contributed by atoms with Crippen molar-refractivity contribution in [3.63, 3.8) is 0 Å². The molecule has 0 aliphatic carbocycles. The molecule has 0 aromatic rings. The van der Waals surface area contributed by atoms with Crippen molar-refractivity contribution in [1.29, 1.82) is 0 Å². The minimum atomic E-state index is -1.25. The summed E-state index contributed by atoms with van der Waals surface area (Å²) in [6.07, 6.45) is -4.40. The van der Waals surface area contributed by atoms with Gasteiger partial charge in [0.2, 0.25) is 0 Å². The number of hydrogen-bond donors (Lipinski definition) is 4. The third kappa shape index (κ3) is 1.88. The predicted molar refractivity (Wildman–Crippen MR) is 47.8 cm³/mol. The molecule has 0 saturated carbocycles. The van der Waals surface area contributed by atoms with Crippen LogP contribution in [0, 0.1) is 0 Å². The summed E-state index contributed by atoms with van der Waals surface area (Å²) in [6, 6.07) is 0. The summed E-state index contributed by atoms with van der Waals surface area (Å²) < 4.78 is 4.41. The Morgan fingerprint density at radius 2 is 1.67 bits per heavy atom. The molecular weight excluding hydrogens is 279 g/mol. The van der Waals surface area contributed by atoms with Crippen molar-refractivity contribution in [3.8, 4) is 0 Å². The lowest BCUT2D eigenvalue weighted by Crippen LogP contribution is -2.56. The summed E-state index contributed by atoms with van der Waals surface area (Å²) in [5, 5.41) is 36.4. The Morgan fingerprint density at radius 1 is 1.08 bits per heavy atom. The maximum absolute atomic E-state index is 9.23. The molecule has 1 rings (SSSR count). The molecule has 1 fully saturated rings. The van der Waals surface area contributed by atoms with Crippen LogP contribution in [-0.2, 0) is 4.74 Å². The molecule has 1 aliphatic heterocycles. The Hall–Kier alpha value is 0.530. The highest BCUT2D eigenvalue weighted by molar-refractivity contribution is 14.1. The minimum Gasteiger partial charge on any atom is -0.394 e. The number of aliphatic hydroxyl groups excluding tert-OH is 4. The second-order valence-electron chi connectivity index (χ2n) is 2.68. The summed E-state index contributed by atoms with van der Waals surface area (Å²) in [4.78, 5) is 0. The Labute approximate surface area is 83.1 Å². The Morgan fingerprint density at radius 3 is 2.17 bits per heavy atom. The molecule has 1 saturated heterocycles. The number of ether oxygens (including phenoxy) is 1. The number of aliphatic hydroxyl groups is 4. The first-order valence-corrected chi connectivity index (χ1v) is 4.77. The highest BCUT2D eigenvalue weighted by atomic mass is 127. The van der Waals surface area contributed by atoms with Crippen molar-refractivity contribution >= 4 is 22.6 Å². The Bertz CT molecular complexity index is 150. The molecule has 0 radical (unpaired) electrons. The van der Waals surface area contributed by atoms with Gasteiger partial charge >= 0.3 is 0 Å². The van der Waals surface area contributed by atoms with Gasteiger partial charge in [0.1, 0.15) is 28.5 Å². The summed E-state index contributed by atoms with van der Waals surface area (Å²) in [5.41, 5.74) is 0. The van der Waals surface area contributed by atoms with Crippen LogP contribution in [0.2, 0.25) is 0 Å². The Kier molecular flexibility index (Phi) is 3.68. The van der Waals surface area contributed by atoms with E-state index in [0.717, 1.165) is 0 Å². The lowest BCUT2D eigenvalue weighted by atomic mass is 10.0. The molecule has 1 aliphatic rings. The van der Waals surface area contributed by atoms with Crippen LogP contribution in [0.15, 0.2) is 0 Å². The molecular formula is C6H11IO5. The molecule has 5 nitrogen and oxygen atoms in total. The van der Waals surface area contributed by atoms with Crippen LogP contribution in [-0.4, -0.2) is 55.6 Å². The van der Waals surface area contributed by atoms with E-state index in [9.17, 15) is 15.3 Å². The topological polar surface area (TPSA) is 90.2 Å². The zero-order valence-corrected chi connectivity index (χ0v) is 8.33. The van der Waals surface area contributed by atoms with Crippen molar-refractivity contribution in [1.82, 2.24) is 0 Å². The zero-order valence-electron chi connectivity index (χ0n) is 6.17. The fraction of sp³-hybridized carbons (Fsp3) is 1.00. The first-order valence-electron chi connectivity index (χ1n) is 3.52. The molecule has 6 heteroatoms. The van der Waals surface area contributed by atoms with Crippen LogP contribution < -0.4 is 0 Å². The molecule has 4 N–H and O–H groups in total. The van der Waals surface area contributed by atoms with Crippen LogP contribution in [0.5, 0.6) is 0 Å². The van der Waals surface area contributed by atoms with Crippen molar-refractivity contribution < 1.29 is 25.2 Å². The molecule has 72 valence electrons. The van der Waals surface area contributed by atoms with Gasteiger partial charge in [0.15, 0.2) is 0 Å². The highest BCUT2D eigenvalue weighted by Gasteiger charge is 2.42. The fourth-order valence-electron chi connectivity index (χ4n) is 1.06. The molecule has 0 aromatic heterocycles. The summed E-state index contributed by atoms with van der Waals surface area (Å²) >= 11 is 1.79. The first kappa shape index (κ1) is 10.6. The van der Waals surface area contributed by atoms with E-state index in [2.05, 4.69) is 0 Å². The smallest absolute Gasteiger partial charge is 0.137 e. The van der Waals surface area contributed by atoms with Crippen LogP contribution in [0.3, 0.4) is 0 Å². The van der Waals surface area contributed by atoms with Crippen molar-refractivity contribution in [2.75, 3.05) is 6.61 Å². The summed E-state index contributed by atoms with van der Waals surface area (Å²) in [7, 11) is 0. The van der Waals surface area contributed by atoms with Gasteiger partial charge in [0.25, 0.3) is 0 Å². The van der Waals surface area contributed by atoms with Crippen molar-refractivity contribution in [2.45, 2.75) is 28.5 Å². The summed E-state index contributed by atoms with van der Waals surface area (Å²) in [6.45, 7) is -0.371.